The van der Waals surface area contributed by atoms with Crippen molar-refractivity contribution in [1.82, 2.24) is 15.2 Å². The Kier molecular flexibility index (Phi) is 4.66. The molecule has 0 aliphatic rings. The average Bonchev–Trinajstić information content (AvgIpc) is 2.54. The molecule has 2 N–H and O–H groups in total. The van der Waals surface area contributed by atoms with Crippen molar-refractivity contribution in [2.75, 3.05) is 10.6 Å². The summed E-state index contributed by atoms with van der Waals surface area (Å²) in [5, 5.41) is 13.5. The van der Waals surface area contributed by atoms with Crippen molar-refractivity contribution in [3.8, 4) is 0 Å². The van der Waals surface area contributed by atoms with Crippen molar-refractivity contribution in [2.45, 2.75) is 6.92 Å². The molecule has 5 nitrogen and oxygen atoms in total. The number of hydrogen-bond donors (Lipinski definition) is 2. The topological polar surface area (TPSA) is 62.7 Å². The summed E-state index contributed by atoms with van der Waals surface area (Å²) in [6.45, 7) is 1.96. The van der Waals surface area contributed by atoms with Crippen molar-refractivity contribution in [1.29, 1.82) is 0 Å². The molecule has 1 aromatic heterocycles. The van der Waals surface area contributed by atoms with Crippen molar-refractivity contribution < 1.29 is 8.78 Å². The third-order valence-electron chi connectivity index (χ3n) is 3.17. The van der Waals surface area contributed by atoms with Crippen molar-refractivity contribution in [2.24, 2.45) is 0 Å². The highest BCUT2D eigenvalue weighted by Gasteiger charge is 2.07. The molecule has 0 saturated carbocycles. The van der Waals surface area contributed by atoms with E-state index in [-0.39, 0.29) is 17.5 Å². The van der Waals surface area contributed by atoms with E-state index in [4.69, 9.17) is 0 Å². The number of aryl methyl sites for hydroxylation is 1. The van der Waals surface area contributed by atoms with E-state index in [9.17, 15) is 8.78 Å². The summed E-state index contributed by atoms with van der Waals surface area (Å²) in [7, 11) is 0. The molecule has 122 valence electrons. The minimum absolute atomic E-state index is 0.0994. The van der Waals surface area contributed by atoms with Crippen LogP contribution in [-0.2, 0) is 0 Å². The van der Waals surface area contributed by atoms with Crippen LogP contribution in [0.3, 0.4) is 0 Å². The number of benzene rings is 2. The zero-order valence-electron chi connectivity index (χ0n) is 12.5. The van der Waals surface area contributed by atoms with Gasteiger partial charge in [-0.2, -0.15) is 10.1 Å². The molecule has 0 unspecified atom stereocenters. The van der Waals surface area contributed by atoms with Crippen LogP contribution in [0.25, 0.3) is 0 Å². The Morgan fingerprint density at radius 2 is 1.88 bits per heavy atom. The number of nitrogens with one attached hydrogen (secondary N) is 2. The molecular formula is C16H12BrF2N5. The summed E-state index contributed by atoms with van der Waals surface area (Å²) in [5.41, 5.74) is 1.94. The molecule has 0 fully saturated rings. The standard InChI is InChI=1S/C16H12BrF2N5/c1-9-6-11(3-4-12(9)17)21-16-23-15(8-20-24-16)22-14-5-2-10(18)7-13(14)19/h2-8H,1H3,(H2,21,22,23,24). The average molecular weight is 392 g/mol. The number of hydrogen-bond acceptors (Lipinski definition) is 5. The minimum atomic E-state index is -0.716. The molecule has 0 aliphatic heterocycles. The van der Waals surface area contributed by atoms with E-state index in [1.54, 1.807) is 0 Å². The Bertz CT molecular complexity index is 888. The van der Waals surface area contributed by atoms with Gasteiger partial charge in [-0.25, -0.2) is 8.78 Å². The SMILES string of the molecule is Cc1cc(Nc2nncc(Nc3ccc(F)cc3F)n2)ccc1Br. The van der Waals surface area contributed by atoms with Gasteiger partial charge in [-0.05, 0) is 42.8 Å². The van der Waals surface area contributed by atoms with E-state index < -0.39 is 11.6 Å². The zero-order chi connectivity index (χ0) is 17.1. The zero-order valence-corrected chi connectivity index (χ0v) is 14.1. The molecule has 0 aliphatic carbocycles. The van der Waals surface area contributed by atoms with Crippen LogP contribution in [-0.4, -0.2) is 15.2 Å². The summed E-state index contributed by atoms with van der Waals surface area (Å²) >= 11 is 3.43. The smallest absolute Gasteiger partial charge is 0.249 e. The van der Waals surface area contributed by atoms with Crippen LogP contribution in [0.5, 0.6) is 0 Å². The molecule has 0 amide bonds. The fourth-order valence-corrected chi connectivity index (χ4v) is 2.24. The lowest BCUT2D eigenvalue weighted by atomic mass is 10.2. The number of aromatic nitrogens is 3. The van der Waals surface area contributed by atoms with E-state index >= 15 is 0 Å². The molecule has 0 atom stereocenters. The van der Waals surface area contributed by atoms with Crippen LogP contribution in [0.4, 0.5) is 31.9 Å². The third-order valence-corrected chi connectivity index (χ3v) is 4.06. The highest BCUT2D eigenvalue weighted by Crippen LogP contribution is 2.23. The first kappa shape index (κ1) is 16.3. The van der Waals surface area contributed by atoms with Gasteiger partial charge in [0.15, 0.2) is 5.82 Å². The third kappa shape index (κ3) is 3.83. The number of anilines is 4. The first-order valence-corrected chi connectivity index (χ1v) is 7.75. The Balaban J connectivity index is 1.79. The second kappa shape index (κ2) is 6.88. The van der Waals surface area contributed by atoms with Crippen LogP contribution in [0.2, 0.25) is 0 Å². The molecule has 1 heterocycles. The Hall–Kier alpha value is -2.61. The number of nitrogens with zero attached hydrogens (tertiary/aromatic N) is 3. The van der Waals surface area contributed by atoms with Crippen LogP contribution in [0.1, 0.15) is 5.56 Å². The molecule has 2 aromatic carbocycles. The monoisotopic (exact) mass is 391 g/mol. The van der Waals surface area contributed by atoms with Gasteiger partial charge in [0.2, 0.25) is 5.95 Å². The fraction of sp³-hybridized carbons (Fsp3) is 0.0625. The van der Waals surface area contributed by atoms with Crippen LogP contribution in [0.15, 0.2) is 47.1 Å². The van der Waals surface area contributed by atoms with E-state index in [1.807, 2.05) is 25.1 Å². The normalized spacial score (nSPS) is 10.5. The summed E-state index contributed by atoms with van der Waals surface area (Å²) in [4.78, 5) is 4.21. The Labute approximate surface area is 145 Å². The molecule has 24 heavy (non-hydrogen) atoms. The first-order chi connectivity index (χ1) is 11.5. The number of rotatable bonds is 4. The maximum atomic E-state index is 13.7. The van der Waals surface area contributed by atoms with Gasteiger partial charge in [-0.3, -0.25) is 0 Å². The predicted octanol–water partition coefficient (Wildman–Crippen LogP) is 4.71. The highest BCUT2D eigenvalue weighted by molar-refractivity contribution is 9.10. The van der Waals surface area contributed by atoms with Gasteiger partial charge in [0.1, 0.15) is 11.6 Å². The molecule has 0 bridgehead atoms. The highest BCUT2D eigenvalue weighted by atomic mass is 79.9. The fourth-order valence-electron chi connectivity index (χ4n) is 2.00. The summed E-state index contributed by atoms with van der Waals surface area (Å²) in [6, 6.07) is 8.93. The van der Waals surface area contributed by atoms with Gasteiger partial charge >= 0.3 is 0 Å². The molecule has 0 saturated heterocycles. The van der Waals surface area contributed by atoms with E-state index in [1.165, 1.54) is 12.3 Å². The second-order valence-corrected chi connectivity index (χ2v) is 5.86. The van der Waals surface area contributed by atoms with Crippen LogP contribution < -0.4 is 10.6 Å². The summed E-state index contributed by atoms with van der Waals surface area (Å²) in [6.07, 6.45) is 1.35. The molecule has 3 rings (SSSR count). The maximum absolute atomic E-state index is 13.7. The van der Waals surface area contributed by atoms with E-state index in [0.717, 1.165) is 27.9 Å². The lowest BCUT2D eigenvalue weighted by molar-refractivity contribution is 0.586. The first-order valence-electron chi connectivity index (χ1n) is 6.96. The number of halogens is 3. The molecule has 0 spiro atoms. The Morgan fingerprint density at radius 3 is 2.62 bits per heavy atom. The van der Waals surface area contributed by atoms with Gasteiger partial charge in [-0.1, -0.05) is 15.9 Å². The predicted molar refractivity (Wildman–Crippen MR) is 91.6 cm³/mol. The second-order valence-electron chi connectivity index (χ2n) is 5.00. The minimum Gasteiger partial charge on any atom is -0.336 e. The van der Waals surface area contributed by atoms with Crippen molar-refractivity contribution in [3.63, 3.8) is 0 Å². The van der Waals surface area contributed by atoms with Gasteiger partial charge < -0.3 is 10.6 Å². The quantitative estimate of drug-likeness (QED) is 0.674. The van der Waals surface area contributed by atoms with Gasteiger partial charge in [-0.15, -0.1) is 5.10 Å². The molecule has 0 radical (unpaired) electrons. The van der Waals surface area contributed by atoms with Gasteiger partial charge in [0.05, 0.1) is 11.9 Å². The van der Waals surface area contributed by atoms with Crippen molar-refractivity contribution in [3.05, 3.63) is 64.3 Å². The maximum Gasteiger partial charge on any atom is 0.249 e. The van der Waals surface area contributed by atoms with E-state index in [0.29, 0.717) is 0 Å². The molecule has 3 aromatic rings. The van der Waals surface area contributed by atoms with Crippen LogP contribution >= 0.6 is 15.9 Å². The van der Waals surface area contributed by atoms with Crippen LogP contribution in [0, 0.1) is 18.6 Å². The molecule has 8 heteroatoms. The Morgan fingerprint density at radius 1 is 1.04 bits per heavy atom. The van der Waals surface area contributed by atoms with Gasteiger partial charge in [0, 0.05) is 16.2 Å². The van der Waals surface area contributed by atoms with E-state index in [2.05, 4.69) is 41.7 Å². The summed E-state index contributed by atoms with van der Waals surface area (Å²) in [5.74, 6) is -0.824. The lowest BCUT2D eigenvalue weighted by Gasteiger charge is -2.09. The largest absolute Gasteiger partial charge is 0.336 e. The van der Waals surface area contributed by atoms with Gasteiger partial charge in [0.25, 0.3) is 0 Å². The molecular weight excluding hydrogens is 380 g/mol. The summed E-state index contributed by atoms with van der Waals surface area (Å²) < 4.78 is 27.6. The van der Waals surface area contributed by atoms with Crippen molar-refractivity contribution >= 4 is 39.1 Å². The lowest BCUT2D eigenvalue weighted by Crippen LogP contribution is -2.03.